The van der Waals surface area contributed by atoms with Crippen LogP contribution in [0.3, 0.4) is 0 Å². The van der Waals surface area contributed by atoms with Gasteiger partial charge in [0.2, 0.25) is 0 Å². The number of piperazine rings is 1. The van der Waals surface area contributed by atoms with Crippen molar-refractivity contribution in [1.29, 1.82) is 0 Å². The third kappa shape index (κ3) is 2.76. The van der Waals surface area contributed by atoms with Crippen molar-refractivity contribution in [2.45, 2.75) is 26.3 Å². The molecule has 0 saturated carbocycles. The molecule has 3 rings (SSSR count). The minimum atomic E-state index is 0.622. The summed E-state index contributed by atoms with van der Waals surface area (Å²) in [5.74, 6) is 1.12. The van der Waals surface area contributed by atoms with Crippen LogP contribution in [-0.2, 0) is 6.42 Å². The van der Waals surface area contributed by atoms with E-state index >= 15 is 0 Å². The second-order valence-electron chi connectivity index (χ2n) is 5.97. The Balaban J connectivity index is 1.88. The number of pyridine rings is 1. The van der Waals surface area contributed by atoms with Gasteiger partial charge < -0.3 is 15.0 Å². The van der Waals surface area contributed by atoms with Crippen molar-refractivity contribution in [3.05, 3.63) is 30.1 Å². The Morgan fingerprint density at radius 1 is 1.19 bits per heavy atom. The SMILES string of the molecule is CC(C)N1CCN(c2nc3ccccn3c2CCN)CC1. The molecule has 3 heterocycles. The molecule has 0 aliphatic carbocycles. The van der Waals surface area contributed by atoms with Crippen LogP contribution in [0.15, 0.2) is 24.4 Å². The summed E-state index contributed by atoms with van der Waals surface area (Å²) in [7, 11) is 0. The van der Waals surface area contributed by atoms with Crippen LogP contribution < -0.4 is 10.6 Å². The lowest BCUT2D eigenvalue weighted by Gasteiger charge is -2.37. The van der Waals surface area contributed by atoms with Gasteiger partial charge in [0.1, 0.15) is 5.65 Å². The molecule has 0 unspecified atom stereocenters. The highest BCUT2D eigenvalue weighted by molar-refractivity contribution is 5.56. The summed E-state index contributed by atoms with van der Waals surface area (Å²) in [6.45, 7) is 9.48. The molecule has 5 nitrogen and oxygen atoms in total. The lowest BCUT2D eigenvalue weighted by molar-refractivity contribution is 0.209. The molecule has 2 aromatic rings. The molecule has 21 heavy (non-hydrogen) atoms. The van der Waals surface area contributed by atoms with Crippen LogP contribution in [0.4, 0.5) is 5.82 Å². The number of rotatable bonds is 4. The summed E-state index contributed by atoms with van der Waals surface area (Å²) < 4.78 is 2.18. The van der Waals surface area contributed by atoms with Gasteiger partial charge in [-0.25, -0.2) is 4.98 Å². The van der Waals surface area contributed by atoms with Crippen LogP contribution >= 0.6 is 0 Å². The predicted octanol–water partition coefficient (Wildman–Crippen LogP) is 1.37. The van der Waals surface area contributed by atoms with Gasteiger partial charge in [-0.3, -0.25) is 4.90 Å². The lowest BCUT2D eigenvalue weighted by atomic mass is 10.2. The first-order valence-corrected chi connectivity index (χ1v) is 7.85. The molecule has 1 fully saturated rings. The summed E-state index contributed by atoms with van der Waals surface area (Å²) in [6.07, 6.45) is 2.95. The fourth-order valence-corrected chi connectivity index (χ4v) is 3.11. The summed E-state index contributed by atoms with van der Waals surface area (Å²) in [5.41, 5.74) is 8.06. The van der Waals surface area contributed by atoms with Crippen molar-refractivity contribution in [2.24, 2.45) is 5.73 Å². The molecule has 5 heteroatoms. The summed E-state index contributed by atoms with van der Waals surface area (Å²) in [6, 6.07) is 6.77. The van der Waals surface area contributed by atoms with Gasteiger partial charge in [-0.2, -0.15) is 0 Å². The highest BCUT2D eigenvalue weighted by Gasteiger charge is 2.23. The third-order valence-corrected chi connectivity index (χ3v) is 4.33. The number of nitrogens with two attached hydrogens (primary N) is 1. The highest BCUT2D eigenvalue weighted by Crippen LogP contribution is 2.23. The molecular weight excluding hydrogens is 262 g/mol. The number of aromatic nitrogens is 2. The maximum absolute atomic E-state index is 5.80. The summed E-state index contributed by atoms with van der Waals surface area (Å²) in [4.78, 5) is 9.78. The zero-order valence-corrected chi connectivity index (χ0v) is 13.0. The van der Waals surface area contributed by atoms with Crippen LogP contribution in [0, 0.1) is 0 Å². The van der Waals surface area contributed by atoms with Crippen molar-refractivity contribution >= 4 is 11.5 Å². The van der Waals surface area contributed by atoms with E-state index in [0.717, 1.165) is 44.1 Å². The maximum atomic E-state index is 5.80. The van der Waals surface area contributed by atoms with E-state index in [-0.39, 0.29) is 0 Å². The van der Waals surface area contributed by atoms with Crippen LogP contribution in [0.5, 0.6) is 0 Å². The Bertz CT molecular complexity index is 596. The standard InChI is InChI=1S/C16H25N5/c1-13(2)19-9-11-20(12-10-19)16-14(6-7-17)21-8-4-3-5-15(21)18-16/h3-5,8,13H,6-7,9-12,17H2,1-2H3. The van der Waals surface area contributed by atoms with Gasteiger partial charge in [-0.1, -0.05) is 6.07 Å². The average Bonchev–Trinajstić information content (AvgIpc) is 2.87. The molecule has 0 amide bonds. The quantitative estimate of drug-likeness (QED) is 0.922. The molecule has 1 aliphatic heterocycles. The van der Waals surface area contributed by atoms with E-state index < -0.39 is 0 Å². The van der Waals surface area contributed by atoms with Crippen molar-refractivity contribution in [2.75, 3.05) is 37.6 Å². The van der Waals surface area contributed by atoms with Gasteiger partial charge in [0.05, 0.1) is 5.69 Å². The molecule has 114 valence electrons. The minimum Gasteiger partial charge on any atom is -0.353 e. The average molecular weight is 287 g/mol. The van der Waals surface area contributed by atoms with Gasteiger partial charge >= 0.3 is 0 Å². The van der Waals surface area contributed by atoms with Crippen molar-refractivity contribution in [1.82, 2.24) is 14.3 Å². The second kappa shape index (κ2) is 6.03. The molecule has 0 aromatic carbocycles. The number of anilines is 1. The van der Waals surface area contributed by atoms with E-state index in [4.69, 9.17) is 10.7 Å². The van der Waals surface area contributed by atoms with Gasteiger partial charge in [0.25, 0.3) is 0 Å². The van der Waals surface area contributed by atoms with Gasteiger partial charge in [-0.15, -0.1) is 0 Å². The Hall–Kier alpha value is -1.59. The van der Waals surface area contributed by atoms with Gasteiger partial charge in [0.15, 0.2) is 5.82 Å². The van der Waals surface area contributed by atoms with E-state index in [1.165, 1.54) is 5.69 Å². The predicted molar refractivity (Wildman–Crippen MR) is 86.9 cm³/mol. The Kier molecular flexibility index (Phi) is 4.12. The maximum Gasteiger partial charge on any atom is 0.151 e. The number of hydrogen-bond acceptors (Lipinski definition) is 4. The summed E-state index contributed by atoms with van der Waals surface area (Å²) in [5, 5.41) is 0. The Morgan fingerprint density at radius 2 is 1.95 bits per heavy atom. The molecule has 0 bridgehead atoms. The molecule has 2 aromatic heterocycles. The number of hydrogen-bond donors (Lipinski definition) is 1. The van der Waals surface area contributed by atoms with Gasteiger partial charge in [0, 0.05) is 44.8 Å². The molecule has 0 spiro atoms. The highest BCUT2D eigenvalue weighted by atomic mass is 15.3. The topological polar surface area (TPSA) is 49.8 Å². The molecular formula is C16H25N5. The van der Waals surface area contributed by atoms with Crippen molar-refractivity contribution in [3.63, 3.8) is 0 Å². The van der Waals surface area contributed by atoms with Crippen LogP contribution in [0.25, 0.3) is 5.65 Å². The van der Waals surface area contributed by atoms with E-state index in [2.05, 4.69) is 46.4 Å². The normalized spacial score (nSPS) is 17.0. The first-order chi connectivity index (χ1) is 10.2. The van der Waals surface area contributed by atoms with Crippen LogP contribution in [0.2, 0.25) is 0 Å². The first-order valence-electron chi connectivity index (χ1n) is 7.85. The van der Waals surface area contributed by atoms with Crippen molar-refractivity contribution in [3.8, 4) is 0 Å². The fourth-order valence-electron chi connectivity index (χ4n) is 3.11. The monoisotopic (exact) mass is 287 g/mol. The molecule has 2 N–H and O–H groups in total. The molecule has 1 saturated heterocycles. The molecule has 1 aliphatic rings. The minimum absolute atomic E-state index is 0.622. The van der Waals surface area contributed by atoms with E-state index in [9.17, 15) is 0 Å². The first kappa shape index (κ1) is 14.4. The lowest BCUT2D eigenvalue weighted by Crippen LogP contribution is -2.49. The number of fused-ring (bicyclic) bond motifs is 1. The molecule has 0 radical (unpaired) electrons. The number of nitrogens with zero attached hydrogens (tertiary/aromatic N) is 4. The number of imidazole rings is 1. The fraction of sp³-hybridized carbons (Fsp3) is 0.562. The van der Waals surface area contributed by atoms with E-state index in [1.54, 1.807) is 0 Å². The largest absolute Gasteiger partial charge is 0.353 e. The second-order valence-corrected chi connectivity index (χ2v) is 5.97. The van der Waals surface area contributed by atoms with Crippen LogP contribution in [0.1, 0.15) is 19.5 Å². The smallest absolute Gasteiger partial charge is 0.151 e. The third-order valence-electron chi connectivity index (χ3n) is 4.33. The Labute approximate surface area is 126 Å². The zero-order chi connectivity index (χ0) is 14.8. The summed E-state index contributed by atoms with van der Waals surface area (Å²) >= 11 is 0. The molecule has 0 atom stereocenters. The van der Waals surface area contributed by atoms with Crippen molar-refractivity contribution < 1.29 is 0 Å². The zero-order valence-electron chi connectivity index (χ0n) is 13.0. The van der Waals surface area contributed by atoms with E-state index in [0.29, 0.717) is 12.6 Å². The van der Waals surface area contributed by atoms with Crippen LogP contribution in [-0.4, -0.2) is 53.1 Å². The van der Waals surface area contributed by atoms with Gasteiger partial charge in [-0.05, 0) is 32.5 Å². The Morgan fingerprint density at radius 3 is 2.62 bits per heavy atom. The van der Waals surface area contributed by atoms with E-state index in [1.807, 2.05) is 6.07 Å².